The van der Waals surface area contributed by atoms with Crippen LogP contribution in [0.5, 0.6) is 0 Å². The number of fused-ring (bicyclic) bond motifs is 1. The standard InChI is InChI=1S/C13H18BrN/c1-13(2,8-15)11-7-6-10-9(11)4-3-5-12(10)14/h3-5,11H,6-8,15H2,1-2H3. The van der Waals surface area contributed by atoms with E-state index in [0.717, 1.165) is 6.54 Å². The molecule has 1 aliphatic carbocycles. The first kappa shape index (κ1) is 11.2. The van der Waals surface area contributed by atoms with Gasteiger partial charge in [0.05, 0.1) is 0 Å². The number of halogens is 1. The SMILES string of the molecule is CC(C)(CN)C1CCc2c(Br)cccc21. The van der Waals surface area contributed by atoms with Crippen LogP contribution in [0.2, 0.25) is 0 Å². The molecule has 0 aliphatic heterocycles. The van der Waals surface area contributed by atoms with Gasteiger partial charge in [0.2, 0.25) is 0 Å². The molecule has 15 heavy (non-hydrogen) atoms. The second kappa shape index (κ2) is 3.91. The van der Waals surface area contributed by atoms with Crippen molar-refractivity contribution in [2.75, 3.05) is 6.54 Å². The number of hydrogen-bond donors (Lipinski definition) is 1. The highest BCUT2D eigenvalue weighted by atomic mass is 79.9. The first-order chi connectivity index (χ1) is 7.06. The minimum atomic E-state index is 0.214. The minimum Gasteiger partial charge on any atom is -0.330 e. The Kier molecular flexibility index (Phi) is 2.91. The Labute approximate surface area is 100 Å². The molecule has 0 amide bonds. The Balaban J connectivity index is 2.41. The summed E-state index contributed by atoms with van der Waals surface area (Å²) in [5, 5.41) is 0. The van der Waals surface area contributed by atoms with Crippen LogP contribution in [0.25, 0.3) is 0 Å². The van der Waals surface area contributed by atoms with E-state index in [1.807, 2.05) is 0 Å². The first-order valence-electron chi connectivity index (χ1n) is 5.53. The Morgan fingerprint density at radius 1 is 1.47 bits per heavy atom. The molecule has 2 N–H and O–H groups in total. The molecular weight excluding hydrogens is 250 g/mol. The van der Waals surface area contributed by atoms with Gasteiger partial charge in [0.1, 0.15) is 0 Å². The third-order valence-electron chi connectivity index (χ3n) is 3.68. The van der Waals surface area contributed by atoms with Crippen LogP contribution in [0, 0.1) is 5.41 Å². The van der Waals surface area contributed by atoms with Crippen LogP contribution in [-0.4, -0.2) is 6.54 Å². The van der Waals surface area contributed by atoms with Crippen molar-refractivity contribution in [1.82, 2.24) is 0 Å². The maximum atomic E-state index is 5.87. The summed E-state index contributed by atoms with van der Waals surface area (Å²) in [6, 6.07) is 6.53. The summed E-state index contributed by atoms with van der Waals surface area (Å²) in [5.41, 5.74) is 9.07. The first-order valence-corrected chi connectivity index (χ1v) is 6.33. The molecule has 0 fully saturated rings. The maximum Gasteiger partial charge on any atom is 0.0210 e. The van der Waals surface area contributed by atoms with Crippen LogP contribution >= 0.6 is 15.9 Å². The third kappa shape index (κ3) is 1.85. The van der Waals surface area contributed by atoms with Gasteiger partial charge in [-0.05, 0) is 47.9 Å². The molecule has 1 aliphatic rings. The number of hydrogen-bond acceptors (Lipinski definition) is 1. The third-order valence-corrected chi connectivity index (χ3v) is 4.43. The van der Waals surface area contributed by atoms with Gasteiger partial charge < -0.3 is 5.73 Å². The van der Waals surface area contributed by atoms with Gasteiger partial charge >= 0.3 is 0 Å². The van der Waals surface area contributed by atoms with E-state index in [4.69, 9.17) is 5.73 Å². The highest BCUT2D eigenvalue weighted by Crippen LogP contribution is 2.46. The van der Waals surface area contributed by atoms with Gasteiger partial charge in [0.25, 0.3) is 0 Å². The topological polar surface area (TPSA) is 26.0 Å². The van der Waals surface area contributed by atoms with Gasteiger partial charge in [0.15, 0.2) is 0 Å². The molecule has 0 bridgehead atoms. The second-order valence-electron chi connectivity index (χ2n) is 5.09. The lowest BCUT2D eigenvalue weighted by Crippen LogP contribution is -2.29. The van der Waals surface area contributed by atoms with E-state index >= 15 is 0 Å². The Bertz CT molecular complexity index is 371. The summed E-state index contributed by atoms with van der Waals surface area (Å²) in [7, 11) is 0. The lowest BCUT2D eigenvalue weighted by Gasteiger charge is -2.31. The van der Waals surface area contributed by atoms with Crippen LogP contribution < -0.4 is 5.73 Å². The predicted molar refractivity (Wildman–Crippen MR) is 68.0 cm³/mol. The fourth-order valence-electron chi connectivity index (χ4n) is 2.56. The quantitative estimate of drug-likeness (QED) is 0.873. The van der Waals surface area contributed by atoms with Gasteiger partial charge in [-0.1, -0.05) is 41.9 Å². The zero-order chi connectivity index (χ0) is 11.1. The fourth-order valence-corrected chi connectivity index (χ4v) is 3.14. The van der Waals surface area contributed by atoms with Crippen LogP contribution in [0.4, 0.5) is 0 Å². The lowest BCUT2D eigenvalue weighted by molar-refractivity contribution is 0.294. The maximum absolute atomic E-state index is 5.87. The van der Waals surface area contributed by atoms with Gasteiger partial charge in [-0.2, -0.15) is 0 Å². The molecule has 2 rings (SSSR count). The van der Waals surface area contributed by atoms with Crippen molar-refractivity contribution in [3.8, 4) is 0 Å². The smallest absolute Gasteiger partial charge is 0.0210 e. The molecule has 1 aromatic carbocycles. The molecule has 1 aromatic rings. The largest absolute Gasteiger partial charge is 0.330 e. The Morgan fingerprint density at radius 2 is 2.20 bits per heavy atom. The van der Waals surface area contributed by atoms with E-state index in [1.165, 1.54) is 28.4 Å². The summed E-state index contributed by atoms with van der Waals surface area (Å²) < 4.78 is 1.26. The normalized spacial score (nSPS) is 20.4. The molecule has 1 atom stereocenters. The van der Waals surface area contributed by atoms with Crippen molar-refractivity contribution < 1.29 is 0 Å². The lowest BCUT2D eigenvalue weighted by atomic mass is 9.76. The van der Waals surface area contributed by atoms with Crippen molar-refractivity contribution in [1.29, 1.82) is 0 Å². The van der Waals surface area contributed by atoms with Crippen molar-refractivity contribution in [3.05, 3.63) is 33.8 Å². The summed E-state index contributed by atoms with van der Waals surface area (Å²) in [6.07, 6.45) is 2.42. The van der Waals surface area contributed by atoms with Gasteiger partial charge in [-0.25, -0.2) is 0 Å². The fraction of sp³-hybridized carbons (Fsp3) is 0.538. The average Bonchev–Trinajstić information content (AvgIpc) is 2.63. The van der Waals surface area contributed by atoms with E-state index in [0.29, 0.717) is 5.92 Å². The van der Waals surface area contributed by atoms with E-state index < -0.39 is 0 Å². The zero-order valence-electron chi connectivity index (χ0n) is 9.39. The van der Waals surface area contributed by atoms with E-state index in [9.17, 15) is 0 Å². The summed E-state index contributed by atoms with van der Waals surface area (Å²) in [6.45, 7) is 5.30. The van der Waals surface area contributed by atoms with Gasteiger partial charge in [0, 0.05) is 4.47 Å². The molecule has 0 aromatic heterocycles. The molecule has 0 radical (unpaired) electrons. The van der Waals surface area contributed by atoms with Crippen molar-refractivity contribution in [2.45, 2.75) is 32.6 Å². The van der Waals surface area contributed by atoms with Crippen molar-refractivity contribution >= 4 is 15.9 Å². The number of benzene rings is 1. The molecular formula is C13H18BrN. The van der Waals surface area contributed by atoms with Crippen LogP contribution in [0.3, 0.4) is 0 Å². The summed E-state index contributed by atoms with van der Waals surface area (Å²) >= 11 is 3.63. The predicted octanol–water partition coefficient (Wildman–Crippen LogP) is 3.46. The van der Waals surface area contributed by atoms with E-state index in [2.05, 4.69) is 48.0 Å². The molecule has 82 valence electrons. The molecule has 2 heteroatoms. The number of nitrogens with two attached hydrogens (primary N) is 1. The van der Waals surface area contributed by atoms with Crippen LogP contribution in [0.1, 0.15) is 37.3 Å². The second-order valence-corrected chi connectivity index (χ2v) is 5.95. The highest BCUT2D eigenvalue weighted by molar-refractivity contribution is 9.10. The zero-order valence-corrected chi connectivity index (χ0v) is 11.0. The molecule has 1 unspecified atom stereocenters. The molecule has 0 saturated carbocycles. The van der Waals surface area contributed by atoms with Crippen molar-refractivity contribution in [2.24, 2.45) is 11.1 Å². The molecule has 0 saturated heterocycles. The van der Waals surface area contributed by atoms with Gasteiger partial charge in [-0.3, -0.25) is 0 Å². The number of rotatable bonds is 2. The monoisotopic (exact) mass is 267 g/mol. The molecule has 0 heterocycles. The Hall–Kier alpha value is -0.340. The molecule has 1 nitrogen and oxygen atoms in total. The minimum absolute atomic E-state index is 0.214. The van der Waals surface area contributed by atoms with Crippen LogP contribution in [0.15, 0.2) is 22.7 Å². The summed E-state index contributed by atoms with van der Waals surface area (Å²) in [4.78, 5) is 0. The van der Waals surface area contributed by atoms with Crippen LogP contribution in [-0.2, 0) is 6.42 Å². The molecule has 0 spiro atoms. The van der Waals surface area contributed by atoms with E-state index in [1.54, 1.807) is 0 Å². The summed E-state index contributed by atoms with van der Waals surface area (Å²) in [5.74, 6) is 0.620. The van der Waals surface area contributed by atoms with E-state index in [-0.39, 0.29) is 5.41 Å². The highest BCUT2D eigenvalue weighted by Gasteiger charge is 2.35. The van der Waals surface area contributed by atoms with Crippen molar-refractivity contribution in [3.63, 3.8) is 0 Å². The average molecular weight is 268 g/mol. The van der Waals surface area contributed by atoms with Gasteiger partial charge in [-0.15, -0.1) is 0 Å². The Morgan fingerprint density at radius 3 is 2.87 bits per heavy atom.